The lowest BCUT2D eigenvalue weighted by atomic mass is 9.79. The minimum atomic E-state index is 1.05. The van der Waals surface area contributed by atoms with E-state index in [0.29, 0.717) is 0 Å². The van der Waals surface area contributed by atoms with Gasteiger partial charge in [-0.1, -0.05) is 177 Å². The number of rotatable bonds is 6. The third-order valence-corrected chi connectivity index (χ3v) is 8.91. The second-order valence-corrected chi connectivity index (χ2v) is 12.6. The second kappa shape index (κ2) is 12.6. The molecule has 0 spiro atoms. The van der Waals surface area contributed by atoms with Gasteiger partial charge in [0.1, 0.15) is 0 Å². The van der Waals surface area contributed by atoms with Crippen LogP contribution in [0.5, 0.6) is 0 Å². The van der Waals surface area contributed by atoms with E-state index < -0.39 is 0 Å². The first-order valence-corrected chi connectivity index (χ1v) is 16.2. The number of hydrogen-bond acceptors (Lipinski definition) is 0. The third kappa shape index (κ3) is 5.71. The molecule has 0 bridgehead atoms. The number of benzene rings is 7. The van der Waals surface area contributed by atoms with Gasteiger partial charge >= 0.3 is 0 Å². The van der Waals surface area contributed by atoms with Crippen molar-refractivity contribution >= 4 is 31.9 Å². The van der Waals surface area contributed by atoms with Crippen LogP contribution < -0.4 is 0 Å². The number of halogens is 2. The Labute approximate surface area is 276 Å². The Morgan fingerprint density at radius 1 is 0.250 bits per heavy atom. The molecule has 0 aromatic heterocycles. The number of hydrogen-bond donors (Lipinski definition) is 0. The zero-order valence-corrected chi connectivity index (χ0v) is 27.1. The van der Waals surface area contributed by atoms with Crippen LogP contribution in [-0.2, 0) is 0 Å². The normalized spacial score (nSPS) is 11.0. The molecular weight excluding hydrogens is 664 g/mol. The van der Waals surface area contributed by atoms with E-state index in [2.05, 4.69) is 202 Å². The van der Waals surface area contributed by atoms with Gasteiger partial charge in [-0.15, -0.1) is 0 Å². The summed E-state index contributed by atoms with van der Waals surface area (Å²) in [5.74, 6) is 0. The van der Waals surface area contributed by atoms with E-state index in [1.165, 1.54) is 61.2 Å². The average molecular weight is 692 g/mol. The molecule has 0 atom stereocenters. The van der Waals surface area contributed by atoms with Gasteiger partial charge in [-0.05, 0) is 91.0 Å². The van der Waals surface area contributed by atoms with Gasteiger partial charge in [0.15, 0.2) is 0 Å². The van der Waals surface area contributed by atoms with Crippen molar-refractivity contribution in [2.24, 2.45) is 0 Å². The smallest absolute Gasteiger partial charge is 0.0192 e. The van der Waals surface area contributed by atoms with Crippen LogP contribution in [0.1, 0.15) is 0 Å². The predicted octanol–water partition coefficient (Wildman–Crippen LogP) is 13.2. The zero-order chi connectivity index (χ0) is 29.9. The summed E-state index contributed by atoms with van der Waals surface area (Å²) in [5, 5.41) is 0. The molecule has 0 fully saturated rings. The molecule has 44 heavy (non-hydrogen) atoms. The second-order valence-electron chi connectivity index (χ2n) is 10.8. The minimum absolute atomic E-state index is 1.05. The Balaban J connectivity index is 1.58. The van der Waals surface area contributed by atoms with E-state index in [1.54, 1.807) is 0 Å². The summed E-state index contributed by atoms with van der Waals surface area (Å²) in [6.07, 6.45) is 0. The van der Waals surface area contributed by atoms with Gasteiger partial charge in [-0.2, -0.15) is 0 Å². The van der Waals surface area contributed by atoms with Crippen molar-refractivity contribution in [3.63, 3.8) is 0 Å². The van der Waals surface area contributed by atoms with Gasteiger partial charge < -0.3 is 0 Å². The maximum atomic E-state index is 3.65. The molecule has 0 unspecified atom stereocenters. The lowest BCUT2D eigenvalue weighted by molar-refractivity contribution is 1.52. The van der Waals surface area contributed by atoms with Crippen LogP contribution in [0.3, 0.4) is 0 Å². The first-order chi connectivity index (χ1) is 21.7. The summed E-state index contributed by atoms with van der Waals surface area (Å²) < 4.78 is 2.10. The maximum absolute atomic E-state index is 3.65. The summed E-state index contributed by atoms with van der Waals surface area (Å²) in [7, 11) is 0. The van der Waals surface area contributed by atoms with Crippen molar-refractivity contribution < 1.29 is 0 Å². The highest BCUT2D eigenvalue weighted by molar-refractivity contribution is 9.11. The molecule has 0 aliphatic carbocycles. The van der Waals surface area contributed by atoms with Crippen molar-refractivity contribution in [2.75, 3.05) is 0 Å². The van der Waals surface area contributed by atoms with Gasteiger partial charge in [-0.25, -0.2) is 0 Å². The lowest BCUT2D eigenvalue weighted by Crippen LogP contribution is -1.98. The summed E-state index contributed by atoms with van der Waals surface area (Å²) in [6, 6.07) is 61.0. The Morgan fingerprint density at radius 3 is 1.02 bits per heavy atom. The van der Waals surface area contributed by atoms with E-state index in [-0.39, 0.29) is 0 Å². The summed E-state index contributed by atoms with van der Waals surface area (Å²) >= 11 is 7.31. The fraction of sp³-hybridized carbons (Fsp3) is 0. The van der Waals surface area contributed by atoms with Gasteiger partial charge in [0.05, 0.1) is 0 Å². The van der Waals surface area contributed by atoms with Crippen LogP contribution in [0.25, 0.3) is 66.8 Å². The molecule has 0 nitrogen and oxygen atoms in total. The molecule has 0 saturated carbocycles. The van der Waals surface area contributed by atoms with E-state index in [4.69, 9.17) is 0 Å². The highest BCUT2D eigenvalue weighted by Gasteiger charge is 2.23. The molecular formula is C42H28Br2. The van der Waals surface area contributed by atoms with E-state index in [1.807, 2.05) is 0 Å². The van der Waals surface area contributed by atoms with Crippen LogP contribution in [-0.4, -0.2) is 0 Å². The van der Waals surface area contributed by atoms with Crippen molar-refractivity contribution in [2.45, 2.75) is 0 Å². The van der Waals surface area contributed by atoms with Gasteiger partial charge in [0, 0.05) is 8.95 Å². The van der Waals surface area contributed by atoms with Crippen molar-refractivity contribution in [1.82, 2.24) is 0 Å². The Hall–Kier alpha value is -4.50. The van der Waals surface area contributed by atoms with Gasteiger partial charge in [-0.3, -0.25) is 0 Å². The summed E-state index contributed by atoms with van der Waals surface area (Å²) in [6.45, 7) is 0. The fourth-order valence-electron chi connectivity index (χ4n) is 6.02. The van der Waals surface area contributed by atoms with Crippen LogP contribution in [0.15, 0.2) is 179 Å². The molecule has 0 saturated heterocycles. The van der Waals surface area contributed by atoms with Gasteiger partial charge in [0.2, 0.25) is 0 Å². The zero-order valence-electron chi connectivity index (χ0n) is 23.9. The molecule has 7 aromatic carbocycles. The van der Waals surface area contributed by atoms with Crippen molar-refractivity contribution in [1.29, 1.82) is 0 Å². The molecule has 0 aliphatic rings. The summed E-state index contributed by atoms with van der Waals surface area (Å²) in [5.41, 5.74) is 14.4. The topological polar surface area (TPSA) is 0 Å². The molecule has 210 valence electrons. The van der Waals surface area contributed by atoms with Crippen LogP contribution >= 0.6 is 31.9 Å². The van der Waals surface area contributed by atoms with Crippen LogP contribution in [0.2, 0.25) is 0 Å². The molecule has 0 N–H and O–H groups in total. The van der Waals surface area contributed by atoms with Crippen LogP contribution in [0.4, 0.5) is 0 Å². The summed E-state index contributed by atoms with van der Waals surface area (Å²) in [4.78, 5) is 0. The molecule has 0 amide bonds. The quantitative estimate of drug-likeness (QED) is 0.163. The molecule has 0 radical (unpaired) electrons. The standard InChI is InChI=1S/C42H28Br2/c43-36-25-35(26-37(44)27-36)29-21-23-31(24-22-29)39-28-38(30-13-5-1-6-14-30)40(32-15-7-2-8-16-32)42(34-19-11-4-12-20-34)41(39)33-17-9-3-10-18-33/h1-28H. The third-order valence-electron chi connectivity index (χ3n) is 7.99. The van der Waals surface area contributed by atoms with Gasteiger partial charge in [0.25, 0.3) is 0 Å². The molecule has 7 aromatic rings. The lowest BCUT2D eigenvalue weighted by Gasteiger charge is -2.24. The molecule has 0 heterocycles. The van der Waals surface area contributed by atoms with E-state index in [0.717, 1.165) is 14.5 Å². The Morgan fingerprint density at radius 2 is 0.591 bits per heavy atom. The molecule has 2 heteroatoms. The molecule has 0 aliphatic heterocycles. The first-order valence-electron chi connectivity index (χ1n) is 14.7. The highest BCUT2D eigenvalue weighted by Crippen LogP contribution is 2.50. The Kier molecular flexibility index (Phi) is 8.11. The van der Waals surface area contributed by atoms with Crippen molar-refractivity contribution in [3.05, 3.63) is 179 Å². The Bertz CT molecular complexity index is 2010. The maximum Gasteiger partial charge on any atom is 0.0192 e. The van der Waals surface area contributed by atoms with Crippen LogP contribution in [0, 0.1) is 0 Å². The van der Waals surface area contributed by atoms with E-state index in [9.17, 15) is 0 Å². The first kappa shape index (κ1) is 28.3. The molecule has 7 rings (SSSR count). The predicted molar refractivity (Wildman–Crippen MR) is 194 cm³/mol. The highest BCUT2D eigenvalue weighted by atomic mass is 79.9. The average Bonchev–Trinajstić information content (AvgIpc) is 3.08. The van der Waals surface area contributed by atoms with E-state index >= 15 is 0 Å². The fourth-order valence-corrected chi connectivity index (χ4v) is 7.32. The monoisotopic (exact) mass is 690 g/mol. The van der Waals surface area contributed by atoms with Crippen molar-refractivity contribution in [3.8, 4) is 66.8 Å². The largest absolute Gasteiger partial charge is 0.0622 e. The SMILES string of the molecule is Brc1cc(Br)cc(-c2ccc(-c3cc(-c4ccccc4)c(-c4ccccc4)c(-c4ccccc4)c3-c3ccccc3)cc2)c1. The minimum Gasteiger partial charge on any atom is -0.0622 e.